The smallest absolute Gasteiger partial charge is 0.325 e. The summed E-state index contributed by atoms with van der Waals surface area (Å²) in [7, 11) is 1.60. The summed E-state index contributed by atoms with van der Waals surface area (Å²) in [4.78, 5) is 31.6. The molecule has 1 fully saturated rings. The molecular formula is C23H22N4O4S. The van der Waals surface area contributed by atoms with E-state index in [0.29, 0.717) is 41.4 Å². The molecule has 1 aliphatic heterocycles. The second kappa shape index (κ2) is 7.92. The summed E-state index contributed by atoms with van der Waals surface area (Å²) >= 11 is 1.34. The number of thiophene rings is 1. The quantitative estimate of drug-likeness (QED) is 0.496. The van der Waals surface area contributed by atoms with E-state index in [-0.39, 0.29) is 11.9 Å². The van der Waals surface area contributed by atoms with E-state index < -0.39 is 6.10 Å². The van der Waals surface area contributed by atoms with Gasteiger partial charge in [-0.1, -0.05) is 0 Å². The minimum atomic E-state index is -0.456. The summed E-state index contributed by atoms with van der Waals surface area (Å²) in [6, 6.07) is 10.9. The van der Waals surface area contributed by atoms with Crippen LogP contribution in [0, 0.1) is 6.92 Å². The van der Waals surface area contributed by atoms with E-state index in [0.717, 1.165) is 21.3 Å². The molecule has 1 unspecified atom stereocenters. The molecule has 1 aliphatic rings. The number of aliphatic hydroxyl groups is 1. The Morgan fingerprint density at radius 1 is 1.25 bits per heavy atom. The van der Waals surface area contributed by atoms with Crippen LogP contribution >= 0.6 is 11.3 Å². The summed E-state index contributed by atoms with van der Waals surface area (Å²) in [6.07, 6.45) is 1.80. The third kappa shape index (κ3) is 3.49. The zero-order valence-electron chi connectivity index (χ0n) is 17.7. The fraction of sp³-hybridized carbons (Fsp3) is 0.261. The minimum Gasteiger partial charge on any atom is -0.456 e. The van der Waals surface area contributed by atoms with Gasteiger partial charge in [-0.05, 0) is 43.7 Å². The van der Waals surface area contributed by atoms with Crippen LogP contribution in [-0.2, 0) is 0 Å². The number of aryl methyl sites for hydroxylation is 1. The molecule has 4 heterocycles. The van der Waals surface area contributed by atoms with Crippen molar-refractivity contribution in [1.29, 1.82) is 0 Å². The first-order valence-corrected chi connectivity index (χ1v) is 11.1. The molecule has 2 amide bonds. The number of carbonyl (C=O) groups is 2. The zero-order valence-corrected chi connectivity index (χ0v) is 18.5. The Bertz CT molecular complexity index is 1360. The van der Waals surface area contributed by atoms with Crippen LogP contribution in [0.1, 0.15) is 21.8 Å². The molecule has 1 atom stereocenters. The molecular weight excluding hydrogens is 428 g/mol. The van der Waals surface area contributed by atoms with Crippen LogP contribution < -0.4 is 10.1 Å². The van der Waals surface area contributed by atoms with Gasteiger partial charge in [0.15, 0.2) is 0 Å². The molecule has 4 aromatic rings. The topological polar surface area (TPSA) is 96.7 Å². The molecule has 1 aromatic carbocycles. The normalized spacial score (nSPS) is 16.1. The van der Waals surface area contributed by atoms with Crippen molar-refractivity contribution in [3.8, 4) is 11.5 Å². The fourth-order valence-electron chi connectivity index (χ4n) is 4.09. The first-order chi connectivity index (χ1) is 15.4. The van der Waals surface area contributed by atoms with E-state index >= 15 is 0 Å². The van der Waals surface area contributed by atoms with Crippen molar-refractivity contribution in [2.75, 3.05) is 20.1 Å². The highest BCUT2D eigenvalue weighted by Gasteiger charge is 2.27. The van der Waals surface area contributed by atoms with Crippen LogP contribution in [0.2, 0.25) is 0 Å². The lowest BCUT2D eigenvalue weighted by Gasteiger charge is -2.13. The van der Waals surface area contributed by atoms with E-state index in [1.165, 1.54) is 11.3 Å². The summed E-state index contributed by atoms with van der Waals surface area (Å²) in [5.74, 6) is 1.15. The lowest BCUT2D eigenvalue weighted by Crippen LogP contribution is -2.28. The highest BCUT2D eigenvalue weighted by Crippen LogP contribution is 2.36. The van der Waals surface area contributed by atoms with Crippen molar-refractivity contribution < 1.29 is 19.4 Å². The average Bonchev–Trinajstić information content (AvgIpc) is 3.49. The highest BCUT2D eigenvalue weighted by atomic mass is 32.1. The van der Waals surface area contributed by atoms with E-state index in [2.05, 4.69) is 10.3 Å². The monoisotopic (exact) mass is 450 g/mol. The summed E-state index contributed by atoms with van der Waals surface area (Å²) in [5, 5.41) is 13.3. The van der Waals surface area contributed by atoms with E-state index in [4.69, 9.17) is 4.74 Å². The lowest BCUT2D eigenvalue weighted by atomic mass is 10.2. The van der Waals surface area contributed by atoms with Crippen LogP contribution in [0.15, 0.2) is 42.6 Å². The zero-order chi connectivity index (χ0) is 22.4. The number of ether oxygens (including phenoxy) is 1. The van der Waals surface area contributed by atoms with E-state index in [1.807, 2.05) is 31.2 Å². The average molecular weight is 451 g/mol. The Morgan fingerprint density at radius 2 is 2.09 bits per heavy atom. The van der Waals surface area contributed by atoms with Gasteiger partial charge in [0.25, 0.3) is 5.91 Å². The standard InChI is InChI=1S/C23H22N4O4S/c1-13-9-14-10-16(3-4-18(14)27(13)23(30)24-2)31-19-5-7-25-17-11-20(32-21(17)19)22(29)26-8-6-15(28)12-26/h3-5,7,9-11,15,28H,6,8,12H2,1-2H3,(H,24,30). The second-order valence-corrected chi connectivity index (χ2v) is 8.88. The maximum absolute atomic E-state index is 12.8. The van der Waals surface area contributed by atoms with Crippen molar-refractivity contribution in [2.24, 2.45) is 0 Å². The number of carbonyl (C=O) groups excluding carboxylic acids is 2. The molecule has 3 aromatic heterocycles. The second-order valence-electron chi connectivity index (χ2n) is 7.83. The van der Waals surface area contributed by atoms with Gasteiger partial charge in [0.05, 0.1) is 26.7 Å². The molecule has 164 valence electrons. The maximum atomic E-state index is 12.8. The molecule has 5 rings (SSSR count). The number of fused-ring (bicyclic) bond motifs is 2. The number of rotatable bonds is 3. The number of nitrogens with zero attached hydrogens (tertiary/aromatic N) is 3. The number of aromatic nitrogens is 2. The largest absolute Gasteiger partial charge is 0.456 e. The number of nitrogens with one attached hydrogen (secondary N) is 1. The number of amides is 2. The first kappa shape index (κ1) is 20.5. The van der Waals surface area contributed by atoms with Crippen LogP contribution in [-0.4, -0.2) is 57.7 Å². The molecule has 1 saturated heterocycles. The van der Waals surface area contributed by atoms with Crippen LogP contribution in [0.4, 0.5) is 4.79 Å². The third-order valence-corrected chi connectivity index (χ3v) is 6.77. The molecule has 0 spiro atoms. The molecule has 2 N–H and O–H groups in total. The van der Waals surface area contributed by atoms with Gasteiger partial charge in [-0.15, -0.1) is 11.3 Å². The number of likely N-dealkylation sites (tertiary alicyclic amines) is 1. The van der Waals surface area contributed by atoms with Crippen molar-refractivity contribution in [3.63, 3.8) is 0 Å². The van der Waals surface area contributed by atoms with E-state index in [9.17, 15) is 14.7 Å². The number of benzene rings is 1. The fourth-order valence-corrected chi connectivity index (χ4v) is 5.12. The minimum absolute atomic E-state index is 0.0945. The van der Waals surface area contributed by atoms with Gasteiger partial charge in [0.2, 0.25) is 0 Å². The molecule has 0 aliphatic carbocycles. The number of hydrogen-bond donors (Lipinski definition) is 2. The Labute approximate surface area is 188 Å². The Hall–Kier alpha value is -3.43. The maximum Gasteiger partial charge on any atom is 0.325 e. The molecule has 8 nitrogen and oxygen atoms in total. The van der Waals surface area contributed by atoms with Gasteiger partial charge in [-0.2, -0.15) is 0 Å². The van der Waals surface area contributed by atoms with Crippen molar-refractivity contribution in [2.45, 2.75) is 19.4 Å². The molecule has 9 heteroatoms. The van der Waals surface area contributed by atoms with Gasteiger partial charge in [-0.25, -0.2) is 4.79 Å². The number of aliphatic hydroxyl groups excluding tert-OH is 1. The molecule has 0 radical (unpaired) electrons. The summed E-state index contributed by atoms with van der Waals surface area (Å²) < 4.78 is 8.58. The van der Waals surface area contributed by atoms with Gasteiger partial charge in [0.1, 0.15) is 11.5 Å². The predicted octanol–water partition coefficient (Wildman–Crippen LogP) is 3.75. The molecule has 0 bridgehead atoms. The molecule has 32 heavy (non-hydrogen) atoms. The molecule has 0 saturated carbocycles. The van der Waals surface area contributed by atoms with Crippen LogP contribution in [0.3, 0.4) is 0 Å². The van der Waals surface area contributed by atoms with Gasteiger partial charge < -0.3 is 20.1 Å². The number of pyridine rings is 1. The highest BCUT2D eigenvalue weighted by molar-refractivity contribution is 7.21. The SMILES string of the molecule is CNC(=O)n1c(C)cc2cc(Oc3ccnc4cc(C(=O)N5CCC(O)C5)sc34)ccc21. The van der Waals surface area contributed by atoms with Crippen molar-refractivity contribution >= 4 is 44.4 Å². The Balaban J connectivity index is 1.46. The van der Waals surface area contributed by atoms with E-state index in [1.54, 1.807) is 34.8 Å². The van der Waals surface area contributed by atoms with Crippen LogP contribution in [0.5, 0.6) is 11.5 Å². The van der Waals surface area contributed by atoms with Gasteiger partial charge >= 0.3 is 6.03 Å². The van der Waals surface area contributed by atoms with Crippen molar-refractivity contribution in [3.05, 3.63) is 53.2 Å². The van der Waals surface area contributed by atoms with Gasteiger partial charge in [0, 0.05) is 43.5 Å². The summed E-state index contributed by atoms with van der Waals surface area (Å²) in [6.45, 7) is 2.80. The van der Waals surface area contributed by atoms with Gasteiger partial charge in [-0.3, -0.25) is 14.3 Å². The number of hydrogen-bond acceptors (Lipinski definition) is 6. The third-order valence-electron chi connectivity index (χ3n) is 5.64. The first-order valence-electron chi connectivity index (χ1n) is 10.3. The Morgan fingerprint density at radius 3 is 2.84 bits per heavy atom. The summed E-state index contributed by atoms with van der Waals surface area (Å²) in [5.41, 5.74) is 2.32. The lowest BCUT2D eigenvalue weighted by molar-refractivity contribution is 0.0769. The predicted molar refractivity (Wildman–Crippen MR) is 123 cm³/mol. The Kier molecular flexibility index (Phi) is 5.07. The van der Waals surface area contributed by atoms with Crippen LogP contribution in [0.25, 0.3) is 21.1 Å². The number of β-amino-alcohol motifs (C(OH)–C–C–N with tert-alkyl or cyclic N) is 1. The van der Waals surface area contributed by atoms with Crippen molar-refractivity contribution in [1.82, 2.24) is 19.8 Å².